The molecule has 6 nitrogen and oxygen atoms in total. The van der Waals surface area contributed by atoms with Crippen LogP contribution in [0.4, 0.5) is 0 Å². The lowest BCUT2D eigenvalue weighted by molar-refractivity contribution is 0.0567. The third-order valence-electron chi connectivity index (χ3n) is 4.17. The van der Waals surface area contributed by atoms with Gasteiger partial charge < -0.3 is 10.6 Å². The SMILES string of the molecule is CC1CCN(C(=O)c2cn(Cc3cccs3)nn2)C(CN)C1. The van der Waals surface area contributed by atoms with Gasteiger partial charge in [0.25, 0.3) is 5.91 Å². The van der Waals surface area contributed by atoms with Gasteiger partial charge in [-0.25, -0.2) is 4.68 Å². The lowest BCUT2D eigenvalue weighted by Crippen LogP contribution is -2.49. The van der Waals surface area contributed by atoms with Crippen molar-refractivity contribution in [2.45, 2.75) is 32.4 Å². The first-order chi connectivity index (χ1) is 10.7. The predicted molar refractivity (Wildman–Crippen MR) is 85.7 cm³/mol. The molecule has 0 spiro atoms. The van der Waals surface area contributed by atoms with E-state index in [4.69, 9.17) is 5.73 Å². The Morgan fingerprint density at radius 3 is 3.14 bits per heavy atom. The average molecular weight is 319 g/mol. The van der Waals surface area contributed by atoms with E-state index in [-0.39, 0.29) is 11.9 Å². The minimum Gasteiger partial charge on any atom is -0.333 e. The maximum atomic E-state index is 12.6. The fourth-order valence-electron chi connectivity index (χ4n) is 2.93. The summed E-state index contributed by atoms with van der Waals surface area (Å²) in [4.78, 5) is 15.7. The Morgan fingerprint density at radius 1 is 1.55 bits per heavy atom. The lowest BCUT2D eigenvalue weighted by Gasteiger charge is -2.37. The van der Waals surface area contributed by atoms with Crippen LogP contribution in [0, 0.1) is 5.92 Å². The van der Waals surface area contributed by atoms with Crippen molar-refractivity contribution in [3.8, 4) is 0 Å². The third kappa shape index (κ3) is 3.20. The zero-order valence-corrected chi connectivity index (χ0v) is 13.5. The standard InChI is InChI=1S/C15H21N5OS/c1-11-4-5-20(12(7-11)8-16)15(21)14-10-19(18-17-14)9-13-3-2-6-22-13/h2-3,6,10-12H,4-5,7-9,16H2,1H3. The zero-order valence-electron chi connectivity index (χ0n) is 12.7. The van der Waals surface area contributed by atoms with E-state index in [1.54, 1.807) is 22.2 Å². The molecule has 0 saturated carbocycles. The molecule has 0 radical (unpaired) electrons. The van der Waals surface area contributed by atoms with Gasteiger partial charge in [0.05, 0.1) is 12.7 Å². The van der Waals surface area contributed by atoms with Gasteiger partial charge in [-0.15, -0.1) is 16.4 Å². The number of thiophene rings is 1. The number of piperidine rings is 1. The topological polar surface area (TPSA) is 77.0 Å². The number of amides is 1. The summed E-state index contributed by atoms with van der Waals surface area (Å²) in [5.41, 5.74) is 6.24. The Hall–Kier alpha value is -1.73. The summed E-state index contributed by atoms with van der Waals surface area (Å²) in [5, 5.41) is 10.1. The molecule has 3 heterocycles. The Balaban J connectivity index is 1.70. The summed E-state index contributed by atoms with van der Waals surface area (Å²) < 4.78 is 1.71. The van der Waals surface area contributed by atoms with Gasteiger partial charge in [-0.2, -0.15) is 0 Å². The van der Waals surface area contributed by atoms with Crippen molar-refractivity contribution >= 4 is 17.2 Å². The number of nitrogens with zero attached hydrogens (tertiary/aromatic N) is 4. The zero-order chi connectivity index (χ0) is 15.5. The molecule has 3 rings (SSSR count). The third-order valence-corrected chi connectivity index (χ3v) is 5.03. The quantitative estimate of drug-likeness (QED) is 0.928. The molecule has 1 aliphatic rings. The van der Waals surface area contributed by atoms with Crippen LogP contribution in [0.5, 0.6) is 0 Å². The summed E-state index contributed by atoms with van der Waals surface area (Å²) in [5.74, 6) is 0.562. The summed E-state index contributed by atoms with van der Waals surface area (Å²) in [6, 6.07) is 4.16. The minimum atomic E-state index is -0.0558. The molecule has 1 amide bonds. The Labute approximate surface area is 133 Å². The number of nitrogens with two attached hydrogens (primary N) is 1. The highest BCUT2D eigenvalue weighted by atomic mass is 32.1. The molecule has 1 aliphatic heterocycles. The van der Waals surface area contributed by atoms with Crippen LogP contribution < -0.4 is 5.73 Å². The van der Waals surface area contributed by atoms with Gasteiger partial charge in [0, 0.05) is 24.0 Å². The van der Waals surface area contributed by atoms with Crippen molar-refractivity contribution in [1.82, 2.24) is 19.9 Å². The highest BCUT2D eigenvalue weighted by molar-refractivity contribution is 7.09. The van der Waals surface area contributed by atoms with Gasteiger partial charge in [-0.3, -0.25) is 4.79 Å². The second kappa shape index (κ2) is 6.58. The van der Waals surface area contributed by atoms with E-state index in [2.05, 4.69) is 17.2 Å². The molecule has 7 heteroatoms. The fraction of sp³-hybridized carbons (Fsp3) is 0.533. The van der Waals surface area contributed by atoms with Crippen molar-refractivity contribution in [3.05, 3.63) is 34.3 Å². The smallest absolute Gasteiger partial charge is 0.276 e. The van der Waals surface area contributed by atoms with E-state index in [1.165, 1.54) is 4.88 Å². The van der Waals surface area contributed by atoms with E-state index in [0.717, 1.165) is 19.4 Å². The average Bonchev–Trinajstić information content (AvgIpc) is 3.18. The van der Waals surface area contributed by atoms with E-state index in [9.17, 15) is 4.79 Å². The summed E-state index contributed by atoms with van der Waals surface area (Å²) in [6.45, 7) is 4.11. The van der Waals surface area contributed by atoms with Crippen LogP contribution in [0.3, 0.4) is 0 Å². The van der Waals surface area contributed by atoms with Crippen molar-refractivity contribution in [2.24, 2.45) is 11.7 Å². The van der Waals surface area contributed by atoms with Crippen LogP contribution in [0.1, 0.15) is 35.1 Å². The van der Waals surface area contributed by atoms with Crippen molar-refractivity contribution in [3.63, 3.8) is 0 Å². The number of likely N-dealkylation sites (tertiary alicyclic amines) is 1. The summed E-state index contributed by atoms with van der Waals surface area (Å²) >= 11 is 1.67. The highest BCUT2D eigenvalue weighted by Gasteiger charge is 2.30. The second-order valence-corrected chi connectivity index (χ2v) is 6.93. The molecule has 2 atom stereocenters. The van der Waals surface area contributed by atoms with Crippen LogP contribution in [0.25, 0.3) is 0 Å². The van der Waals surface area contributed by atoms with Crippen LogP contribution in [0.15, 0.2) is 23.7 Å². The van der Waals surface area contributed by atoms with Gasteiger partial charge in [0.2, 0.25) is 0 Å². The first-order valence-corrected chi connectivity index (χ1v) is 8.49. The minimum absolute atomic E-state index is 0.0558. The number of carbonyl (C=O) groups is 1. The van der Waals surface area contributed by atoms with Gasteiger partial charge in [0.15, 0.2) is 5.69 Å². The Kier molecular flexibility index (Phi) is 4.54. The maximum absolute atomic E-state index is 12.6. The molecule has 2 aromatic heterocycles. The summed E-state index contributed by atoms with van der Waals surface area (Å²) in [6.07, 6.45) is 3.71. The second-order valence-electron chi connectivity index (χ2n) is 5.90. The van der Waals surface area contributed by atoms with Crippen LogP contribution in [-0.2, 0) is 6.54 Å². The van der Waals surface area contributed by atoms with Crippen molar-refractivity contribution in [2.75, 3.05) is 13.1 Å². The lowest BCUT2D eigenvalue weighted by atomic mass is 9.92. The van der Waals surface area contributed by atoms with E-state index in [0.29, 0.717) is 24.7 Å². The van der Waals surface area contributed by atoms with Gasteiger partial charge in [-0.1, -0.05) is 18.2 Å². The number of hydrogen-bond acceptors (Lipinski definition) is 5. The van der Waals surface area contributed by atoms with Crippen LogP contribution >= 0.6 is 11.3 Å². The van der Waals surface area contributed by atoms with E-state index < -0.39 is 0 Å². The molecule has 0 bridgehead atoms. The van der Waals surface area contributed by atoms with Crippen molar-refractivity contribution in [1.29, 1.82) is 0 Å². The number of aromatic nitrogens is 3. The monoisotopic (exact) mass is 319 g/mol. The predicted octanol–water partition coefficient (Wildman–Crippen LogP) is 1.59. The Morgan fingerprint density at radius 2 is 2.41 bits per heavy atom. The fourth-order valence-corrected chi connectivity index (χ4v) is 3.62. The van der Waals surface area contributed by atoms with Gasteiger partial charge in [0.1, 0.15) is 0 Å². The summed E-state index contributed by atoms with van der Waals surface area (Å²) in [7, 11) is 0. The van der Waals surface area contributed by atoms with Gasteiger partial charge in [-0.05, 0) is 30.2 Å². The Bertz CT molecular complexity index is 624. The van der Waals surface area contributed by atoms with Crippen molar-refractivity contribution < 1.29 is 4.79 Å². The molecular weight excluding hydrogens is 298 g/mol. The normalized spacial score (nSPS) is 22.0. The molecule has 2 aromatic rings. The first kappa shape index (κ1) is 15.2. The first-order valence-electron chi connectivity index (χ1n) is 7.61. The molecule has 1 saturated heterocycles. The number of rotatable bonds is 4. The van der Waals surface area contributed by atoms with Crippen LogP contribution in [0.2, 0.25) is 0 Å². The van der Waals surface area contributed by atoms with E-state index >= 15 is 0 Å². The molecular formula is C15H21N5OS. The largest absolute Gasteiger partial charge is 0.333 e. The maximum Gasteiger partial charge on any atom is 0.276 e. The molecule has 0 aromatic carbocycles. The number of carbonyl (C=O) groups excluding carboxylic acids is 1. The molecule has 22 heavy (non-hydrogen) atoms. The number of hydrogen-bond donors (Lipinski definition) is 1. The van der Waals surface area contributed by atoms with E-state index in [1.807, 2.05) is 22.4 Å². The highest BCUT2D eigenvalue weighted by Crippen LogP contribution is 2.23. The van der Waals surface area contributed by atoms with Gasteiger partial charge >= 0.3 is 0 Å². The molecule has 2 unspecified atom stereocenters. The molecule has 0 aliphatic carbocycles. The molecule has 1 fully saturated rings. The van der Waals surface area contributed by atoms with Crippen LogP contribution in [-0.4, -0.2) is 44.9 Å². The molecule has 2 N–H and O–H groups in total. The molecule has 118 valence electrons.